The van der Waals surface area contributed by atoms with Gasteiger partial charge >= 0.3 is 0 Å². The van der Waals surface area contributed by atoms with Crippen LogP contribution < -0.4 is 0 Å². The topological polar surface area (TPSA) is 0 Å². The summed E-state index contributed by atoms with van der Waals surface area (Å²) >= 11 is 0. The Balaban J connectivity index is -0.000000183. The maximum absolute atomic E-state index is 3.56. The molecule has 0 unspecified atom stereocenters. The molecule has 0 aliphatic carbocycles. The molecular formula is C18H28. The number of hydrogen-bond donors (Lipinski definition) is 0. The third-order valence-electron chi connectivity index (χ3n) is 1.29. The first-order chi connectivity index (χ1) is 8.40. The van der Waals surface area contributed by atoms with Crippen LogP contribution in [0.25, 0.3) is 0 Å². The summed E-state index contributed by atoms with van der Waals surface area (Å²) in [6.07, 6.45) is 1.72. The summed E-state index contributed by atoms with van der Waals surface area (Å²) in [5, 5.41) is 0. The zero-order valence-corrected chi connectivity index (χ0v) is 12.5. The Morgan fingerprint density at radius 1 is 0.944 bits per heavy atom. The molecule has 1 aromatic rings. The number of rotatable bonds is 1. The average Bonchev–Trinajstić information content (AvgIpc) is 2.32. The predicted octanol–water partition coefficient (Wildman–Crippen LogP) is 6.13. The molecule has 0 aliphatic rings. The number of aryl methyl sites for hydroxylation is 1. The Morgan fingerprint density at radius 2 is 1.22 bits per heavy atom. The Kier molecular flexibility index (Phi) is 21.0. The van der Waals surface area contributed by atoms with Crippen LogP contribution in [-0.4, -0.2) is 0 Å². The van der Waals surface area contributed by atoms with Crippen LogP contribution in [0.1, 0.15) is 26.3 Å². The normalized spacial score (nSPS) is 6.89. The fourth-order valence-electron chi connectivity index (χ4n) is 0.534. The first-order valence-electron chi connectivity index (χ1n) is 5.81. The molecule has 0 aliphatic heterocycles. The van der Waals surface area contributed by atoms with Crippen LogP contribution in [0.3, 0.4) is 0 Å². The lowest BCUT2D eigenvalue weighted by Crippen LogP contribution is -1.62. The van der Waals surface area contributed by atoms with Crippen molar-refractivity contribution in [3.8, 4) is 0 Å². The Morgan fingerprint density at radius 3 is 1.33 bits per heavy atom. The van der Waals surface area contributed by atoms with Gasteiger partial charge in [0, 0.05) is 0 Å². The van der Waals surface area contributed by atoms with Crippen molar-refractivity contribution in [2.75, 3.05) is 0 Å². The van der Waals surface area contributed by atoms with Crippen LogP contribution in [-0.2, 0) is 0 Å². The molecule has 0 N–H and O–H groups in total. The maximum atomic E-state index is 3.56. The van der Waals surface area contributed by atoms with Gasteiger partial charge in [0.15, 0.2) is 0 Å². The minimum absolute atomic E-state index is 1.02. The summed E-state index contributed by atoms with van der Waals surface area (Å²) in [5.74, 6) is 0. The fraction of sp³-hybridized carbons (Fsp3) is 0.222. The standard InChI is InChI=1S/C7H8.C5H8.C4H8.C2H4/c1-7-5-3-2-4-6-7;1-4-5(2)3;1-4(2)3;1-2/h2-6H,1H3;4H,1-2H2,3H3;1H2,2-3H3;1-2H2. The van der Waals surface area contributed by atoms with E-state index in [1.807, 2.05) is 39.0 Å². The van der Waals surface area contributed by atoms with Gasteiger partial charge in [-0.1, -0.05) is 66.3 Å². The van der Waals surface area contributed by atoms with Gasteiger partial charge in [0.2, 0.25) is 0 Å². The summed E-state index contributed by atoms with van der Waals surface area (Å²) in [4.78, 5) is 0. The SMILES string of the molecule is C=C.C=C(C)C.C=CC(=C)C.Cc1ccccc1. The van der Waals surface area contributed by atoms with E-state index in [-0.39, 0.29) is 0 Å². The Bertz CT molecular complexity index is 313. The van der Waals surface area contributed by atoms with Crippen LogP contribution in [0.15, 0.2) is 80.4 Å². The Hall–Kier alpha value is -1.82. The smallest absolute Gasteiger partial charge is 0.0398 e. The molecule has 0 atom stereocenters. The van der Waals surface area contributed by atoms with Crippen molar-refractivity contribution in [1.29, 1.82) is 0 Å². The maximum Gasteiger partial charge on any atom is -0.0398 e. The van der Waals surface area contributed by atoms with Crippen LogP contribution in [0.5, 0.6) is 0 Å². The van der Waals surface area contributed by atoms with E-state index in [1.165, 1.54) is 11.1 Å². The zero-order chi connectivity index (χ0) is 15.0. The summed E-state index contributed by atoms with van der Waals surface area (Å²) in [7, 11) is 0. The molecule has 0 heteroatoms. The molecule has 0 bridgehead atoms. The molecule has 0 radical (unpaired) electrons. The quantitative estimate of drug-likeness (QED) is 0.412. The summed E-state index contributed by atoms with van der Waals surface area (Å²) < 4.78 is 0. The third-order valence-corrected chi connectivity index (χ3v) is 1.29. The van der Waals surface area contributed by atoms with Crippen LogP contribution >= 0.6 is 0 Å². The van der Waals surface area contributed by atoms with Gasteiger partial charge in [0.05, 0.1) is 0 Å². The lowest BCUT2D eigenvalue weighted by Gasteiger charge is -1.82. The Labute approximate surface area is 114 Å². The first kappa shape index (κ1) is 21.5. The highest BCUT2D eigenvalue weighted by Crippen LogP contribution is 1.92. The minimum Gasteiger partial charge on any atom is -0.106 e. The van der Waals surface area contributed by atoms with Crippen molar-refractivity contribution >= 4 is 0 Å². The monoisotopic (exact) mass is 244 g/mol. The molecule has 0 saturated heterocycles. The molecule has 0 aromatic heterocycles. The summed E-state index contributed by atoms with van der Waals surface area (Å²) in [6.45, 7) is 24.5. The van der Waals surface area contributed by atoms with Crippen molar-refractivity contribution in [2.24, 2.45) is 0 Å². The van der Waals surface area contributed by atoms with Gasteiger partial charge in [-0.25, -0.2) is 0 Å². The summed E-state index contributed by atoms with van der Waals surface area (Å²) in [5.41, 5.74) is 3.51. The second-order valence-electron chi connectivity index (χ2n) is 3.91. The highest BCUT2D eigenvalue weighted by Gasteiger charge is 1.72. The van der Waals surface area contributed by atoms with Crippen LogP contribution in [0.2, 0.25) is 0 Å². The largest absolute Gasteiger partial charge is 0.106 e. The molecule has 1 rings (SSSR count). The van der Waals surface area contributed by atoms with E-state index in [1.54, 1.807) is 6.08 Å². The third kappa shape index (κ3) is 36.8. The van der Waals surface area contributed by atoms with Crippen molar-refractivity contribution in [1.82, 2.24) is 0 Å². The van der Waals surface area contributed by atoms with E-state index in [9.17, 15) is 0 Å². The molecule has 0 amide bonds. The first-order valence-corrected chi connectivity index (χ1v) is 5.81. The molecule has 0 spiro atoms. The molecule has 0 saturated carbocycles. The summed E-state index contributed by atoms with van der Waals surface area (Å²) in [6, 6.07) is 10.3. The minimum atomic E-state index is 1.02. The molecule has 0 heterocycles. The van der Waals surface area contributed by atoms with Crippen molar-refractivity contribution in [3.63, 3.8) is 0 Å². The second-order valence-corrected chi connectivity index (χ2v) is 3.91. The average molecular weight is 244 g/mol. The van der Waals surface area contributed by atoms with Gasteiger partial charge in [-0.3, -0.25) is 0 Å². The molecule has 100 valence electrons. The zero-order valence-electron chi connectivity index (χ0n) is 12.5. The predicted molar refractivity (Wildman–Crippen MR) is 87.9 cm³/mol. The van der Waals surface area contributed by atoms with Gasteiger partial charge in [-0.2, -0.15) is 0 Å². The van der Waals surface area contributed by atoms with Gasteiger partial charge < -0.3 is 0 Å². The molecular weight excluding hydrogens is 216 g/mol. The second kappa shape index (κ2) is 17.6. The van der Waals surface area contributed by atoms with Gasteiger partial charge in [-0.05, 0) is 27.7 Å². The van der Waals surface area contributed by atoms with Crippen LogP contribution in [0.4, 0.5) is 0 Å². The van der Waals surface area contributed by atoms with Crippen LogP contribution in [0, 0.1) is 6.92 Å². The number of allylic oxidation sites excluding steroid dienone is 3. The van der Waals surface area contributed by atoms with Crippen molar-refractivity contribution in [2.45, 2.75) is 27.7 Å². The molecule has 1 aromatic carbocycles. The fourth-order valence-corrected chi connectivity index (χ4v) is 0.534. The van der Waals surface area contributed by atoms with Crippen molar-refractivity contribution in [3.05, 3.63) is 86.0 Å². The van der Waals surface area contributed by atoms with Gasteiger partial charge in [-0.15, -0.1) is 19.7 Å². The van der Waals surface area contributed by atoms with Gasteiger partial charge in [0.1, 0.15) is 0 Å². The lowest BCUT2D eigenvalue weighted by molar-refractivity contribution is 1.42. The molecule has 18 heavy (non-hydrogen) atoms. The van der Waals surface area contributed by atoms with E-state index in [0.717, 1.165) is 5.57 Å². The number of benzene rings is 1. The highest BCUT2D eigenvalue weighted by atomic mass is 13.8. The highest BCUT2D eigenvalue weighted by molar-refractivity contribution is 5.11. The lowest BCUT2D eigenvalue weighted by atomic mass is 10.2. The molecule has 0 fully saturated rings. The van der Waals surface area contributed by atoms with E-state index in [2.05, 4.69) is 52.0 Å². The van der Waals surface area contributed by atoms with E-state index in [4.69, 9.17) is 0 Å². The van der Waals surface area contributed by atoms with Crippen molar-refractivity contribution < 1.29 is 0 Å². The molecule has 0 nitrogen and oxygen atoms in total. The van der Waals surface area contributed by atoms with E-state index in [0.29, 0.717) is 0 Å². The van der Waals surface area contributed by atoms with E-state index >= 15 is 0 Å². The van der Waals surface area contributed by atoms with E-state index < -0.39 is 0 Å². The van der Waals surface area contributed by atoms with Gasteiger partial charge in [0.25, 0.3) is 0 Å². The number of hydrogen-bond acceptors (Lipinski definition) is 0.